The van der Waals surface area contributed by atoms with E-state index in [1.807, 2.05) is 20.2 Å². The van der Waals surface area contributed by atoms with E-state index in [0.717, 1.165) is 30.2 Å². The summed E-state index contributed by atoms with van der Waals surface area (Å²) >= 11 is 0. The topological polar surface area (TPSA) is 110 Å². The molecule has 220 valence electrons. The van der Waals surface area contributed by atoms with Crippen LogP contribution in [-0.4, -0.2) is 49.9 Å². The molecule has 42 heavy (non-hydrogen) atoms. The van der Waals surface area contributed by atoms with Crippen LogP contribution in [0.15, 0.2) is 66.0 Å². The Hall–Kier alpha value is -3.97. The van der Waals surface area contributed by atoms with Gasteiger partial charge in [-0.1, -0.05) is 19.1 Å². The highest BCUT2D eigenvalue weighted by Gasteiger charge is 2.45. The predicted octanol–water partition coefficient (Wildman–Crippen LogP) is 4.98. The lowest BCUT2D eigenvalue weighted by molar-refractivity contribution is -0.137. The summed E-state index contributed by atoms with van der Waals surface area (Å²) < 4.78 is 71.9. The van der Waals surface area contributed by atoms with Gasteiger partial charge in [0, 0.05) is 32.3 Å². The number of carbonyl (C=O) groups is 1. The number of aryl methyl sites for hydroxylation is 1. The Kier molecular flexibility index (Phi) is 6.76. The molecule has 0 radical (unpaired) electrons. The molecule has 2 aromatic carbocycles. The number of fused-ring (bicyclic) bond motifs is 1. The van der Waals surface area contributed by atoms with E-state index in [1.165, 1.54) is 10.5 Å². The molecule has 2 aromatic heterocycles. The minimum absolute atomic E-state index is 0.00883. The largest absolute Gasteiger partial charge is 0.478 e. The van der Waals surface area contributed by atoms with Gasteiger partial charge in [0.05, 0.1) is 34.2 Å². The third kappa shape index (κ3) is 5.11. The highest BCUT2D eigenvalue weighted by molar-refractivity contribution is 7.89. The van der Waals surface area contributed by atoms with Crippen molar-refractivity contribution in [2.45, 2.75) is 49.2 Å². The molecule has 1 aliphatic carbocycles. The number of halogens is 3. The van der Waals surface area contributed by atoms with Crippen LogP contribution in [0.5, 0.6) is 0 Å². The quantitative estimate of drug-likeness (QED) is 0.335. The maximum atomic E-state index is 13.6. The molecule has 1 fully saturated rings. The van der Waals surface area contributed by atoms with Crippen LogP contribution in [-0.2, 0) is 36.2 Å². The zero-order chi connectivity index (χ0) is 30.0. The number of carboxylic acid groups (broad SMARTS) is 1. The molecule has 0 spiro atoms. The van der Waals surface area contributed by atoms with Crippen LogP contribution in [0.3, 0.4) is 0 Å². The van der Waals surface area contributed by atoms with Crippen LogP contribution in [0.2, 0.25) is 0 Å². The summed E-state index contributed by atoms with van der Waals surface area (Å²) in [4.78, 5) is 12.0. The van der Waals surface area contributed by atoms with Gasteiger partial charge in [-0.25, -0.2) is 17.9 Å². The lowest BCUT2D eigenvalue weighted by atomic mass is 9.99. The van der Waals surface area contributed by atoms with E-state index in [4.69, 9.17) is 0 Å². The first kappa shape index (κ1) is 28.2. The zero-order valence-electron chi connectivity index (χ0n) is 22.8. The van der Waals surface area contributed by atoms with Crippen molar-refractivity contribution in [1.82, 2.24) is 23.9 Å². The molecule has 0 saturated heterocycles. The zero-order valence-corrected chi connectivity index (χ0v) is 23.6. The molecule has 2 unspecified atom stereocenters. The summed E-state index contributed by atoms with van der Waals surface area (Å²) in [7, 11) is -2.26. The Morgan fingerprint density at radius 2 is 1.88 bits per heavy atom. The van der Waals surface area contributed by atoms with E-state index < -0.39 is 27.7 Å². The van der Waals surface area contributed by atoms with Crippen molar-refractivity contribution in [1.29, 1.82) is 0 Å². The maximum Gasteiger partial charge on any atom is 0.416 e. The minimum atomic E-state index is -4.57. The Bertz CT molecular complexity index is 1800. The number of aromatic nitrogens is 4. The number of benzene rings is 2. The summed E-state index contributed by atoms with van der Waals surface area (Å²) in [6, 6.07) is 9.85. The molecule has 13 heteroatoms. The molecule has 6 rings (SSSR count). The van der Waals surface area contributed by atoms with Crippen LogP contribution in [0, 0.1) is 5.92 Å². The summed E-state index contributed by atoms with van der Waals surface area (Å²) in [5.41, 5.74) is 2.20. The molecule has 1 saturated carbocycles. The Balaban J connectivity index is 1.32. The average molecular weight is 600 g/mol. The van der Waals surface area contributed by atoms with Crippen LogP contribution < -0.4 is 0 Å². The second-order valence-corrected chi connectivity index (χ2v) is 13.1. The first-order valence-electron chi connectivity index (χ1n) is 13.4. The van der Waals surface area contributed by atoms with E-state index in [1.54, 1.807) is 39.8 Å². The normalized spacial score (nSPS) is 22.0. The molecule has 4 aromatic rings. The summed E-state index contributed by atoms with van der Waals surface area (Å²) in [6.07, 6.45) is 1.39. The standard InChI is InChI=1S/C29H28F3N5O4S/c1-17-8-19-10-21(29(30,31)32)6-7-26(19)42(40,41)36(14-17)15-18-4-3-5-22(9-18)37-27(25(13-34-37)28(38)39)24-11-23(24)20-12-33-35(2)16-20/h3-7,9-10,12-13,16-17,23-24H,8,11,14-15H2,1-2H3,(H,38,39)/t17-,23?,24?/m0/s1. The van der Waals surface area contributed by atoms with E-state index in [2.05, 4.69) is 10.2 Å². The third-order valence-corrected chi connectivity index (χ3v) is 9.85. The molecule has 3 atom stereocenters. The van der Waals surface area contributed by atoms with E-state index in [9.17, 15) is 31.5 Å². The molecular weight excluding hydrogens is 571 g/mol. The first-order chi connectivity index (χ1) is 19.8. The van der Waals surface area contributed by atoms with Crippen LogP contribution >= 0.6 is 0 Å². The summed E-state index contributed by atoms with van der Waals surface area (Å²) in [5.74, 6) is -1.27. The van der Waals surface area contributed by atoms with Crippen molar-refractivity contribution >= 4 is 16.0 Å². The molecule has 1 aliphatic heterocycles. The molecule has 0 amide bonds. The number of rotatable bonds is 6. The lowest BCUT2D eigenvalue weighted by Crippen LogP contribution is -2.32. The predicted molar refractivity (Wildman–Crippen MR) is 146 cm³/mol. The van der Waals surface area contributed by atoms with Crippen molar-refractivity contribution in [2.75, 3.05) is 6.54 Å². The van der Waals surface area contributed by atoms with Crippen molar-refractivity contribution in [3.05, 3.63) is 94.6 Å². The van der Waals surface area contributed by atoms with Gasteiger partial charge in [-0.05, 0) is 71.7 Å². The molecule has 3 heterocycles. The molecule has 9 nitrogen and oxygen atoms in total. The minimum Gasteiger partial charge on any atom is -0.478 e. The van der Waals surface area contributed by atoms with E-state index in [-0.39, 0.29) is 53.3 Å². The molecule has 1 N–H and O–H groups in total. The van der Waals surface area contributed by atoms with Crippen LogP contribution in [0.1, 0.15) is 63.5 Å². The monoisotopic (exact) mass is 599 g/mol. The Morgan fingerprint density at radius 1 is 1.10 bits per heavy atom. The second-order valence-electron chi connectivity index (χ2n) is 11.2. The molecular formula is C29H28F3N5O4S. The summed E-state index contributed by atoms with van der Waals surface area (Å²) in [5, 5.41) is 18.5. The number of sulfonamides is 1. The van der Waals surface area contributed by atoms with Crippen molar-refractivity contribution < 1.29 is 31.5 Å². The van der Waals surface area contributed by atoms with Crippen LogP contribution in [0.25, 0.3) is 5.69 Å². The highest BCUT2D eigenvalue weighted by Crippen LogP contribution is 2.55. The van der Waals surface area contributed by atoms with Crippen LogP contribution in [0.4, 0.5) is 13.2 Å². The van der Waals surface area contributed by atoms with Crippen molar-refractivity contribution in [3.8, 4) is 5.69 Å². The van der Waals surface area contributed by atoms with Gasteiger partial charge in [0.15, 0.2) is 0 Å². The second kappa shape index (κ2) is 10.1. The van der Waals surface area contributed by atoms with Gasteiger partial charge in [-0.15, -0.1) is 0 Å². The van der Waals surface area contributed by atoms with E-state index >= 15 is 0 Å². The lowest BCUT2D eigenvalue weighted by Gasteiger charge is -2.23. The number of aromatic carboxylic acids is 1. The number of hydrogen-bond donors (Lipinski definition) is 1. The van der Waals surface area contributed by atoms with Gasteiger partial charge in [0.2, 0.25) is 10.0 Å². The number of carboxylic acids is 1. The van der Waals surface area contributed by atoms with Gasteiger partial charge in [-0.2, -0.15) is 27.7 Å². The smallest absolute Gasteiger partial charge is 0.416 e. The Morgan fingerprint density at radius 3 is 2.57 bits per heavy atom. The fourth-order valence-corrected chi connectivity index (χ4v) is 7.68. The maximum absolute atomic E-state index is 13.6. The highest BCUT2D eigenvalue weighted by atomic mass is 32.2. The van der Waals surface area contributed by atoms with E-state index in [0.29, 0.717) is 16.9 Å². The molecule has 2 aliphatic rings. The number of hydrogen-bond acceptors (Lipinski definition) is 5. The number of nitrogens with zero attached hydrogens (tertiary/aromatic N) is 5. The summed E-state index contributed by atoms with van der Waals surface area (Å²) in [6.45, 7) is 1.94. The number of alkyl halides is 3. The van der Waals surface area contributed by atoms with Gasteiger partial charge < -0.3 is 5.11 Å². The fraction of sp³-hybridized carbons (Fsp3) is 0.345. The van der Waals surface area contributed by atoms with Gasteiger partial charge in [0.1, 0.15) is 5.56 Å². The first-order valence-corrected chi connectivity index (χ1v) is 14.9. The van der Waals surface area contributed by atoms with Gasteiger partial charge >= 0.3 is 12.1 Å². The fourth-order valence-electron chi connectivity index (χ4n) is 5.91. The van der Waals surface area contributed by atoms with Gasteiger partial charge in [-0.3, -0.25) is 4.68 Å². The average Bonchev–Trinajstić information content (AvgIpc) is 3.39. The van der Waals surface area contributed by atoms with Crippen molar-refractivity contribution in [3.63, 3.8) is 0 Å². The Labute approximate surface area is 240 Å². The van der Waals surface area contributed by atoms with Crippen molar-refractivity contribution in [2.24, 2.45) is 13.0 Å². The SMILES string of the molecule is C[C@H]1Cc2cc(C(F)(F)F)ccc2S(=O)(=O)N(Cc2cccc(-n3ncc(C(=O)O)c3C3CC3c3cnn(C)c3)c2)C1. The third-order valence-electron chi connectivity index (χ3n) is 7.93. The molecule has 0 bridgehead atoms. The van der Waals surface area contributed by atoms with Gasteiger partial charge in [0.25, 0.3) is 0 Å².